The van der Waals surface area contributed by atoms with Crippen LogP contribution >= 0.6 is 11.6 Å². The van der Waals surface area contributed by atoms with Gasteiger partial charge in [0.2, 0.25) is 0 Å². The van der Waals surface area contributed by atoms with Gasteiger partial charge in [-0.25, -0.2) is 14.4 Å². The molecule has 1 aliphatic heterocycles. The van der Waals surface area contributed by atoms with E-state index < -0.39 is 5.82 Å². The Hall–Kier alpha value is -3.00. The Labute approximate surface area is 221 Å². The van der Waals surface area contributed by atoms with E-state index >= 15 is 4.39 Å². The van der Waals surface area contributed by atoms with Crippen LogP contribution in [0.15, 0.2) is 61.1 Å². The zero-order valence-electron chi connectivity index (χ0n) is 21.0. The van der Waals surface area contributed by atoms with Gasteiger partial charge in [-0.1, -0.05) is 35.9 Å². The fourth-order valence-electron chi connectivity index (χ4n) is 5.80. The zero-order chi connectivity index (χ0) is 25.4. The quantitative estimate of drug-likeness (QED) is 0.285. The summed E-state index contributed by atoms with van der Waals surface area (Å²) < 4.78 is 23.1. The van der Waals surface area contributed by atoms with Gasteiger partial charge in [-0.15, -0.1) is 0 Å². The summed E-state index contributed by atoms with van der Waals surface area (Å²) in [6, 6.07) is 15.2. The SMILES string of the molecule is CN1CCN(C2CCC(n3cc(-c4ccc(Oc5ccccc5)c(F)c4)c4c(Cl)ncnc43)CC2)CC1. The van der Waals surface area contributed by atoms with Crippen molar-refractivity contribution in [3.05, 3.63) is 72.0 Å². The number of fused-ring (bicyclic) bond motifs is 1. The molecule has 1 saturated carbocycles. The maximum Gasteiger partial charge on any atom is 0.166 e. The molecule has 0 atom stereocenters. The lowest BCUT2D eigenvalue weighted by molar-refractivity contribution is 0.0828. The van der Waals surface area contributed by atoms with Crippen LogP contribution in [0.2, 0.25) is 5.15 Å². The summed E-state index contributed by atoms with van der Waals surface area (Å²) in [6.45, 7) is 4.60. The highest BCUT2D eigenvalue weighted by Crippen LogP contribution is 2.40. The number of likely N-dealkylation sites (N-methyl/N-ethyl adjacent to an activating group) is 1. The molecule has 0 radical (unpaired) electrons. The summed E-state index contributed by atoms with van der Waals surface area (Å²) in [5.74, 6) is 0.348. The molecule has 2 aromatic heterocycles. The Morgan fingerprint density at radius 3 is 2.38 bits per heavy atom. The van der Waals surface area contributed by atoms with Crippen LogP contribution in [0.1, 0.15) is 31.7 Å². The smallest absolute Gasteiger partial charge is 0.166 e. The molecule has 2 aromatic carbocycles. The van der Waals surface area contributed by atoms with Crippen LogP contribution in [0.25, 0.3) is 22.2 Å². The monoisotopic (exact) mass is 519 g/mol. The van der Waals surface area contributed by atoms with Crippen molar-refractivity contribution < 1.29 is 9.13 Å². The third-order valence-corrected chi connectivity index (χ3v) is 8.18. The molecule has 2 aliphatic rings. The second kappa shape index (κ2) is 10.4. The maximum absolute atomic E-state index is 15.1. The third-order valence-electron chi connectivity index (χ3n) is 7.89. The molecule has 4 aromatic rings. The number of hydrogen-bond donors (Lipinski definition) is 0. The van der Waals surface area contributed by atoms with Crippen LogP contribution in [-0.2, 0) is 0 Å². The van der Waals surface area contributed by atoms with E-state index in [0.29, 0.717) is 23.0 Å². The first-order chi connectivity index (χ1) is 18.1. The van der Waals surface area contributed by atoms with E-state index in [9.17, 15) is 0 Å². The van der Waals surface area contributed by atoms with E-state index in [1.165, 1.54) is 25.2 Å². The largest absolute Gasteiger partial charge is 0.454 e. The van der Waals surface area contributed by atoms with Crippen molar-refractivity contribution in [1.29, 1.82) is 0 Å². The second-order valence-corrected chi connectivity index (χ2v) is 10.5. The Morgan fingerprint density at radius 2 is 1.65 bits per heavy atom. The normalized spacial score (nSPS) is 21.4. The van der Waals surface area contributed by atoms with Crippen molar-refractivity contribution in [2.45, 2.75) is 37.8 Å². The lowest BCUT2D eigenvalue weighted by atomic mass is 9.89. The van der Waals surface area contributed by atoms with Crippen molar-refractivity contribution in [3.8, 4) is 22.6 Å². The first-order valence-electron chi connectivity index (χ1n) is 13.0. The van der Waals surface area contributed by atoms with Crippen molar-refractivity contribution in [1.82, 2.24) is 24.3 Å². The van der Waals surface area contributed by atoms with Gasteiger partial charge in [0.1, 0.15) is 22.9 Å². The van der Waals surface area contributed by atoms with Crippen LogP contribution in [0, 0.1) is 5.82 Å². The molecule has 3 heterocycles. The molecule has 6 rings (SSSR count). The van der Waals surface area contributed by atoms with E-state index in [0.717, 1.165) is 61.2 Å². The van der Waals surface area contributed by atoms with Gasteiger partial charge in [0.25, 0.3) is 0 Å². The number of ether oxygens (including phenoxy) is 1. The van der Waals surface area contributed by atoms with Crippen molar-refractivity contribution in [2.24, 2.45) is 0 Å². The Kier molecular flexibility index (Phi) is 6.84. The summed E-state index contributed by atoms with van der Waals surface area (Å²) in [5.41, 5.74) is 2.37. The first-order valence-corrected chi connectivity index (χ1v) is 13.4. The minimum Gasteiger partial charge on any atom is -0.454 e. The van der Waals surface area contributed by atoms with Gasteiger partial charge in [-0.3, -0.25) is 4.90 Å². The molecule has 2 fully saturated rings. The molecule has 0 amide bonds. The number of benzene rings is 2. The lowest BCUT2D eigenvalue weighted by Gasteiger charge is -2.41. The van der Waals surface area contributed by atoms with E-state index in [1.807, 2.05) is 24.3 Å². The molecule has 0 bridgehead atoms. The van der Waals surface area contributed by atoms with Crippen LogP contribution in [0.3, 0.4) is 0 Å². The minimum absolute atomic E-state index is 0.184. The molecular weight excluding hydrogens is 489 g/mol. The summed E-state index contributed by atoms with van der Waals surface area (Å²) in [6.07, 6.45) is 8.10. The highest BCUT2D eigenvalue weighted by molar-refractivity contribution is 6.35. The van der Waals surface area contributed by atoms with Crippen molar-refractivity contribution in [2.75, 3.05) is 33.2 Å². The number of para-hydroxylation sites is 1. The molecule has 6 nitrogen and oxygen atoms in total. The Morgan fingerprint density at radius 1 is 0.919 bits per heavy atom. The standard InChI is InChI=1S/C29H31ClFN5O/c1-34-13-15-35(16-14-34)21-8-10-22(11-9-21)36-18-24(27-28(30)32-19-33-29(27)36)20-7-12-26(25(31)17-20)37-23-5-3-2-4-6-23/h2-7,12,17-19,21-22H,8-11,13-16H2,1H3. The molecule has 0 unspecified atom stereocenters. The molecule has 0 spiro atoms. The summed E-state index contributed by atoms with van der Waals surface area (Å²) in [4.78, 5) is 13.9. The summed E-state index contributed by atoms with van der Waals surface area (Å²) in [7, 11) is 2.20. The van der Waals surface area contributed by atoms with E-state index in [2.05, 4.69) is 37.6 Å². The van der Waals surface area contributed by atoms with Crippen molar-refractivity contribution in [3.63, 3.8) is 0 Å². The van der Waals surface area contributed by atoms with Gasteiger partial charge in [0, 0.05) is 50.0 Å². The fraction of sp³-hybridized carbons (Fsp3) is 0.379. The number of hydrogen-bond acceptors (Lipinski definition) is 5. The van der Waals surface area contributed by atoms with Gasteiger partial charge >= 0.3 is 0 Å². The molecular formula is C29H31ClFN5O. The number of piperazine rings is 1. The average molecular weight is 520 g/mol. The molecule has 8 heteroatoms. The highest BCUT2D eigenvalue weighted by Gasteiger charge is 2.30. The predicted molar refractivity (Wildman–Crippen MR) is 145 cm³/mol. The third kappa shape index (κ3) is 4.96. The highest BCUT2D eigenvalue weighted by atomic mass is 35.5. The van der Waals surface area contributed by atoms with E-state index in [1.54, 1.807) is 18.2 Å². The zero-order valence-corrected chi connectivity index (χ0v) is 21.7. The number of rotatable bonds is 5. The summed E-state index contributed by atoms with van der Waals surface area (Å²) in [5, 5.41) is 1.15. The van der Waals surface area contributed by atoms with Crippen LogP contribution < -0.4 is 4.74 Å². The fourth-order valence-corrected chi connectivity index (χ4v) is 6.03. The van der Waals surface area contributed by atoms with Gasteiger partial charge in [0.05, 0.1) is 5.39 Å². The molecule has 37 heavy (non-hydrogen) atoms. The van der Waals surface area contributed by atoms with Gasteiger partial charge in [-0.05, 0) is 62.6 Å². The van der Waals surface area contributed by atoms with Crippen LogP contribution in [0.4, 0.5) is 4.39 Å². The van der Waals surface area contributed by atoms with Gasteiger partial charge in [-0.2, -0.15) is 0 Å². The molecule has 1 aliphatic carbocycles. The predicted octanol–water partition coefficient (Wildman–Crippen LogP) is 6.41. The molecule has 1 saturated heterocycles. The molecule has 192 valence electrons. The summed E-state index contributed by atoms with van der Waals surface area (Å²) >= 11 is 6.59. The number of halogens is 2. The first kappa shape index (κ1) is 24.3. The number of aromatic nitrogens is 3. The second-order valence-electron chi connectivity index (χ2n) is 10.2. The average Bonchev–Trinajstić information content (AvgIpc) is 3.32. The van der Waals surface area contributed by atoms with E-state index in [-0.39, 0.29) is 5.75 Å². The van der Waals surface area contributed by atoms with E-state index in [4.69, 9.17) is 16.3 Å². The minimum atomic E-state index is -0.428. The van der Waals surface area contributed by atoms with Gasteiger partial charge in [0.15, 0.2) is 11.6 Å². The van der Waals surface area contributed by atoms with Crippen LogP contribution in [0.5, 0.6) is 11.5 Å². The lowest BCUT2D eigenvalue weighted by Crippen LogP contribution is -2.49. The number of nitrogens with zero attached hydrogens (tertiary/aromatic N) is 5. The van der Waals surface area contributed by atoms with Crippen molar-refractivity contribution >= 4 is 22.6 Å². The molecule has 0 N–H and O–H groups in total. The Bertz CT molecular complexity index is 1380. The maximum atomic E-state index is 15.1. The topological polar surface area (TPSA) is 46.4 Å². The Balaban J connectivity index is 1.26. The van der Waals surface area contributed by atoms with Crippen LogP contribution in [-0.4, -0.2) is 63.6 Å². The van der Waals surface area contributed by atoms with Gasteiger partial charge < -0.3 is 14.2 Å².